The first-order valence-corrected chi connectivity index (χ1v) is 4.79. The lowest BCUT2D eigenvalue weighted by atomic mass is 10.3. The number of piperazine rings is 1. The number of nitrogens with zero attached hydrogens (tertiary/aromatic N) is 3. The Kier molecular flexibility index (Phi) is 4.20. The molecular formula is C9H15N3O2. The average Bonchev–Trinajstić information content (AvgIpc) is 2.20. The van der Waals surface area contributed by atoms with E-state index in [0.717, 1.165) is 13.1 Å². The number of carbonyl (C=O) groups excluding carboxylic acids is 1. The van der Waals surface area contributed by atoms with Gasteiger partial charge in [-0.3, -0.25) is 4.90 Å². The van der Waals surface area contributed by atoms with Gasteiger partial charge in [0.05, 0.1) is 19.2 Å². The summed E-state index contributed by atoms with van der Waals surface area (Å²) in [6.07, 6.45) is -0.246. The highest BCUT2D eigenvalue weighted by molar-refractivity contribution is 5.67. The van der Waals surface area contributed by atoms with Crippen molar-refractivity contribution in [1.82, 2.24) is 9.80 Å². The van der Waals surface area contributed by atoms with Gasteiger partial charge in [-0.1, -0.05) is 0 Å². The first kappa shape index (κ1) is 10.8. The Hall–Kier alpha value is -1.28. The standard InChI is InChI=1S/C9H15N3O2/c1-2-14-9(13)12-7-5-11(4-3-10)6-8-12/h2,4-8H2,1H3. The molecule has 78 valence electrons. The van der Waals surface area contributed by atoms with Gasteiger partial charge in [0.15, 0.2) is 0 Å². The van der Waals surface area contributed by atoms with Gasteiger partial charge >= 0.3 is 6.09 Å². The number of hydrogen-bond donors (Lipinski definition) is 0. The second-order valence-electron chi connectivity index (χ2n) is 3.12. The molecule has 1 aliphatic rings. The van der Waals surface area contributed by atoms with E-state index in [1.807, 2.05) is 4.90 Å². The van der Waals surface area contributed by atoms with Gasteiger partial charge in [-0.05, 0) is 6.92 Å². The van der Waals surface area contributed by atoms with Gasteiger partial charge in [-0.15, -0.1) is 0 Å². The van der Waals surface area contributed by atoms with Crippen LogP contribution in [0.4, 0.5) is 4.79 Å². The second kappa shape index (κ2) is 5.45. The summed E-state index contributed by atoms with van der Waals surface area (Å²) in [5.41, 5.74) is 0. The van der Waals surface area contributed by atoms with E-state index >= 15 is 0 Å². The fourth-order valence-corrected chi connectivity index (χ4v) is 1.40. The van der Waals surface area contributed by atoms with Crippen LogP contribution in [-0.2, 0) is 4.74 Å². The van der Waals surface area contributed by atoms with Crippen LogP contribution in [0.2, 0.25) is 0 Å². The van der Waals surface area contributed by atoms with Gasteiger partial charge in [0.1, 0.15) is 0 Å². The Labute approximate surface area is 83.8 Å². The van der Waals surface area contributed by atoms with Gasteiger partial charge in [0.2, 0.25) is 0 Å². The lowest BCUT2D eigenvalue weighted by molar-refractivity contribution is 0.0829. The van der Waals surface area contributed by atoms with Crippen molar-refractivity contribution in [2.45, 2.75) is 6.92 Å². The number of hydrogen-bond acceptors (Lipinski definition) is 4. The van der Waals surface area contributed by atoms with E-state index in [1.165, 1.54) is 0 Å². The van der Waals surface area contributed by atoms with Crippen LogP contribution in [-0.4, -0.2) is 55.2 Å². The molecule has 0 N–H and O–H groups in total. The van der Waals surface area contributed by atoms with Crippen LogP contribution >= 0.6 is 0 Å². The topological polar surface area (TPSA) is 56.6 Å². The van der Waals surface area contributed by atoms with E-state index in [-0.39, 0.29) is 6.09 Å². The first-order chi connectivity index (χ1) is 6.77. The molecule has 0 bridgehead atoms. The summed E-state index contributed by atoms with van der Waals surface area (Å²) in [5.74, 6) is 0. The van der Waals surface area contributed by atoms with Crippen LogP contribution in [0.3, 0.4) is 0 Å². The molecule has 0 aliphatic carbocycles. The number of carbonyl (C=O) groups is 1. The molecule has 0 aromatic heterocycles. The second-order valence-corrected chi connectivity index (χ2v) is 3.12. The van der Waals surface area contributed by atoms with E-state index in [2.05, 4.69) is 6.07 Å². The third kappa shape index (κ3) is 2.89. The molecule has 0 unspecified atom stereocenters. The lowest BCUT2D eigenvalue weighted by Crippen LogP contribution is -2.48. The summed E-state index contributed by atoms with van der Waals surface area (Å²) in [6.45, 7) is 5.47. The molecule has 1 amide bonds. The van der Waals surface area contributed by atoms with Crippen LogP contribution in [0, 0.1) is 11.3 Å². The minimum Gasteiger partial charge on any atom is -0.450 e. The van der Waals surface area contributed by atoms with Crippen molar-refractivity contribution in [2.24, 2.45) is 0 Å². The molecule has 5 heteroatoms. The van der Waals surface area contributed by atoms with Crippen molar-refractivity contribution in [3.8, 4) is 6.07 Å². The summed E-state index contributed by atoms with van der Waals surface area (Å²) in [6, 6.07) is 2.10. The maximum atomic E-state index is 11.3. The monoisotopic (exact) mass is 197 g/mol. The van der Waals surface area contributed by atoms with Gasteiger partial charge in [0, 0.05) is 26.2 Å². The van der Waals surface area contributed by atoms with Crippen LogP contribution in [0.1, 0.15) is 6.92 Å². The summed E-state index contributed by atoms with van der Waals surface area (Å²) in [7, 11) is 0. The molecule has 0 aromatic rings. The highest BCUT2D eigenvalue weighted by atomic mass is 16.6. The molecule has 1 aliphatic heterocycles. The summed E-state index contributed by atoms with van der Waals surface area (Å²) in [4.78, 5) is 15.0. The molecule has 1 rings (SSSR count). The summed E-state index contributed by atoms with van der Waals surface area (Å²) in [5, 5.41) is 8.48. The zero-order valence-electron chi connectivity index (χ0n) is 8.40. The molecule has 0 aromatic carbocycles. The number of nitriles is 1. The predicted octanol–water partition coefficient (Wildman–Crippen LogP) is 0.284. The predicted molar refractivity (Wildman–Crippen MR) is 50.6 cm³/mol. The van der Waals surface area contributed by atoms with Crippen molar-refractivity contribution in [3.05, 3.63) is 0 Å². The molecule has 5 nitrogen and oxygen atoms in total. The Balaban J connectivity index is 2.28. The molecule has 1 fully saturated rings. The minimum atomic E-state index is -0.246. The van der Waals surface area contributed by atoms with Gasteiger partial charge < -0.3 is 9.64 Å². The molecule has 14 heavy (non-hydrogen) atoms. The third-order valence-corrected chi connectivity index (χ3v) is 2.19. The zero-order valence-corrected chi connectivity index (χ0v) is 8.40. The quantitative estimate of drug-likeness (QED) is 0.597. The van der Waals surface area contributed by atoms with Crippen molar-refractivity contribution in [3.63, 3.8) is 0 Å². The molecule has 1 saturated heterocycles. The molecule has 1 heterocycles. The fourth-order valence-electron chi connectivity index (χ4n) is 1.40. The fraction of sp³-hybridized carbons (Fsp3) is 0.778. The van der Waals surface area contributed by atoms with Crippen molar-refractivity contribution < 1.29 is 9.53 Å². The Morgan fingerprint density at radius 1 is 1.43 bits per heavy atom. The van der Waals surface area contributed by atoms with Crippen LogP contribution in [0.5, 0.6) is 0 Å². The normalized spacial score (nSPS) is 17.6. The van der Waals surface area contributed by atoms with Gasteiger partial charge in [0.25, 0.3) is 0 Å². The largest absolute Gasteiger partial charge is 0.450 e. The van der Waals surface area contributed by atoms with E-state index in [4.69, 9.17) is 10.00 Å². The molecule has 0 atom stereocenters. The Bertz CT molecular complexity index is 229. The van der Waals surface area contributed by atoms with E-state index in [9.17, 15) is 4.79 Å². The number of amides is 1. The van der Waals surface area contributed by atoms with Crippen molar-refractivity contribution >= 4 is 6.09 Å². The minimum absolute atomic E-state index is 0.246. The first-order valence-electron chi connectivity index (χ1n) is 4.79. The highest BCUT2D eigenvalue weighted by Crippen LogP contribution is 2.02. The van der Waals surface area contributed by atoms with E-state index < -0.39 is 0 Å². The van der Waals surface area contributed by atoms with Crippen molar-refractivity contribution in [1.29, 1.82) is 5.26 Å². The molecule has 0 radical (unpaired) electrons. The van der Waals surface area contributed by atoms with Crippen LogP contribution < -0.4 is 0 Å². The van der Waals surface area contributed by atoms with Gasteiger partial charge in [-0.2, -0.15) is 5.26 Å². The Morgan fingerprint density at radius 3 is 2.57 bits per heavy atom. The number of rotatable bonds is 2. The van der Waals surface area contributed by atoms with E-state index in [1.54, 1.807) is 11.8 Å². The maximum Gasteiger partial charge on any atom is 0.409 e. The smallest absolute Gasteiger partial charge is 0.409 e. The Morgan fingerprint density at radius 2 is 2.07 bits per heavy atom. The summed E-state index contributed by atoms with van der Waals surface area (Å²) >= 11 is 0. The highest BCUT2D eigenvalue weighted by Gasteiger charge is 2.21. The average molecular weight is 197 g/mol. The lowest BCUT2D eigenvalue weighted by Gasteiger charge is -2.32. The maximum absolute atomic E-state index is 11.3. The number of ether oxygens (including phenoxy) is 1. The molecular weight excluding hydrogens is 182 g/mol. The summed E-state index contributed by atoms with van der Waals surface area (Å²) < 4.78 is 4.88. The van der Waals surface area contributed by atoms with Crippen LogP contribution in [0.25, 0.3) is 0 Å². The SMILES string of the molecule is CCOC(=O)N1CCN(CC#N)CC1. The van der Waals surface area contributed by atoms with Crippen LogP contribution in [0.15, 0.2) is 0 Å². The van der Waals surface area contributed by atoms with Gasteiger partial charge in [-0.25, -0.2) is 4.79 Å². The molecule has 0 saturated carbocycles. The van der Waals surface area contributed by atoms with Crippen molar-refractivity contribution in [2.75, 3.05) is 39.3 Å². The van der Waals surface area contributed by atoms with E-state index in [0.29, 0.717) is 26.2 Å². The molecule has 0 spiro atoms. The zero-order chi connectivity index (χ0) is 10.4. The third-order valence-electron chi connectivity index (χ3n) is 2.19.